The van der Waals surface area contributed by atoms with Gasteiger partial charge in [0.1, 0.15) is 5.94 Å². The van der Waals surface area contributed by atoms with Crippen molar-refractivity contribution in [3.8, 4) is 0 Å². The molecule has 0 spiro atoms. The lowest BCUT2D eigenvalue weighted by molar-refractivity contribution is 0.247. The highest BCUT2D eigenvalue weighted by Gasteiger charge is 1.71. The van der Waals surface area contributed by atoms with E-state index in [0.717, 1.165) is 0 Å². The molecule has 0 aliphatic heterocycles. The summed E-state index contributed by atoms with van der Waals surface area (Å²) in [4.78, 5) is 0. The summed E-state index contributed by atoms with van der Waals surface area (Å²) in [6, 6.07) is 0. The molecule has 0 saturated heterocycles. The molecule has 0 rings (SSSR count). The van der Waals surface area contributed by atoms with E-state index >= 15 is 0 Å². The van der Waals surface area contributed by atoms with Crippen LogP contribution in [0.5, 0.6) is 0 Å². The van der Waals surface area contributed by atoms with Crippen molar-refractivity contribution < 1.29 is 13.5 Å². The van der Waals surface area contributed by atoms with E-state index in [2.05, 4.69) is 4.74 Å². The zero-order chi connectivity index (χ0) is 4.99. The standard InChI is InChI=1S/C2H6O3S/c1-5-2-6(3)4/h2H2,1H3,(H,3,4)/p-1. The fraction of sp³-hybridized carbons (Fsp3) is 1.00. The Hall–Kier alpha value is 0.0700. The van der Waals surface area contributed by atoms with E-state index in [1.807, 2.05) is 0 Å². The van der Waals surface area contributed by atoms with Gasteiger partial charge in [-0.15, -0.1) is 0 Å². The molecule has 6 heavy (non-hydrogen) atoms. The van der Waals surface area contributed by atoms with Crippen molar-refractivity contribution >= 4 is 11.1 Å². The normalized spacial score (nSPS) is 14.3. The van der Waals surface area contributed by atoms with Crippen molar-refractivity contribution in [1.29, 1.82) is 0 Å². The second-order valence-corrected chi connectivity index (χ2v) is 1.55. The molecular formula is C2H5O3S-. The maximum atomic E-state index is 9.47. The fourth-order valence-electron chi connectivity index (χ4n) is 0.0962. The van der Waals surface area contributed by atoms with Gasteiger partial charge in [-0.25, -0.2) is 0 Å². The number of ether oxygens (including phenoxy) is 1. The van der Waals surface area contributed by atoms with E-state index < -0.39 is 11.1 Å². The molecule has 38 valence electrons. The van der Waals surface area contributed by atoms with Gasteiger partial charge in [-0.05, 0) is 11.1 Å². The van der Waals surface area contributed by atoms with Gasteiger partial charge in [0, 0.05) is 7.11 Å². The van der Waals surface area contributed by atoms with Crippen molar-refractivity contribution in [2.75, 3.05) is 13.0 Å². The van der Waals surface area contributed by atoms with Crippen LogP contribution in [0.3, 0.4) is 0 Å². The Kier molecular flexibility index (Phi) is 3.31. The van der Waals surface area contributed by atoms with E-state index in [-0.39, 0.29) is 5.94 Å². The predicted molar refractivity (Wildman–Crippen MR) is 20.8 cm³/mol. The van der Waals surface area contributed by atoms with Gasteiger partial charge in [0.2, 0.25) is 0 Å². The molecular weight excluding hydrogens is 104 g/mol. The van der Waals surface area contributed by atoms with Crippen molar-refractivity contribution in [2.24, 2.45) is 0 Å². The van der Waals surface area contributed by atoms with Crippen LogP contribution in [0.25, 0.3) is 0 Å². The van der Waals surface area contributed by atoms with Crippen LogP contribution in [0.1, 0.15) is 0 Å². The van der Waals surface area contributed by atoms with Crippen molar-refractivity contribution in [3.63, 3.8) is 0 Å². The van der Waals surface area contributed by atoms with Crippen molar-refractivity contribution in [2.45, 2.75) is 0 Å². The summed E-state index contributed by atoms with van der Waals surface area (Å²) in [5, 5.41) is 0. The van der Waals surface area contributed by atoms with Crippen LogP contribution in [0.2, 0.25) is 0 Å². The Morgan fingerprint density at radius 2 is 2.50 bits per heavy atom. The number of methoxy groups -OCH3 is 1. The van der Waals surface area contributed by atoms with Gasteiger partial charge in [0.05, 0.1) is 0 Å². The predicted octanol–water partition coefficient (Wildman–Crippen LogP) is -0.531. The van der Waals surface area contributed by atoms with Gasteiger partial charge in [-0.1, -0.05) is 0 Å². The molecule has 0 aliphatic carbocycles. The Labute approximate surface area is 38.6 Å². The van der Waals surface area contributed by atoms with Gasteiger partial charge in [0.25, 0.3) is 0 Å². The molecule has 0 aliphatic rings. The lowest BCUT2D eigenvalue weighted by atomic mass is 11.5. The molecule has 0 heterocycles. The first-order chi connectivity index (χ1) is 2.77. The second kappa shape index (κ2) is 3.27. The molecule has 3 nitrogen and oxygen atoms in total. The maximum absolute atomic E-state index is 9.47. The molecule has 1 unspecified atom stereocenters. The summed E-state index contributed by atoms with van der Waals surface area (Å²) in [7, 11) is 1.33. The minimum absolute atomic E-state index is 0.208. The second-order valence-electron chi connectivity index (χ2n) is 0.710. The Morgan fingerprint density at radius 1 is 2.00 bits per heavy atom. The Balaban J connectivity index is 2.83. The molecule has 0 radical (unpaired) electrons. The van der Waals surface area contributed by atoms with Crippen LogP contribution in [0.4, 0.5) is 0 Å². The molecule has 0 bridgehead atoms. The highest BCUT2D eigenvalue weighted by Crippen LogP contribution is 1.68. The third-order valence-corrected chi connectivity index (χ3v) is 0.642. The first-order valence-corrected chi connectivity index (χ1v) is 2.56. The van der Waals surface area contributed by atoms with E-state index in [1.54, 1.807) is 0 Å². The van der Waals surface area contributed by atoms with Crippen molar-refractivity contribution in [3.05, 3.63) is 0 Å². The molecule has 0 aromatic rings. The zero-order valence-corrected chi connectivity index (χ0v) is 4.16. The first kappa shape index (κ1) is 6.07. The summed E-state index contributed by atoms with van der Waals surface area (Å²) in [5.74, 6) is -0.208. The Bertz CT molecular complexity index is 52.8. The first-order valence-electron chi connectivity index (χ1n) is 1.32. The smallest absolute Gasteiger partial charge is 0.108 e. The SMILES string of the molecule is COCS(=O)[O-]. The summed E-state index contributed by atoms with van der Waals surface area (Å²) in [5.41, 5.74) is 0. The van der Waals surface area contributed by atoms with Gasteiger partial charge in [0.15, 0.2) is 0 Å². The number of hydrogen-bond donors (Lipinski definition) is 0. The lowest BCUT2D eigenvalue weighted by Crippen LogP contribution is -1.95. The number of rotatable bonds is 2. The average molecular weight is 109 g/mol. The van der Waals surface area contributed by atoms with Crippen LogP contribution in [-0.4, -0.2) is 21.8 Å². The summed E-state index contributed by atoms with van der Waals surface area (Å²) in [6.07, 6.45) is 0. The van der Waals surface area contributed by atoms with Crippen molar-refractivity contribution in [1.82, 2.24) is 0 Å². The largest absolute Gasteiger partial charge is 0.771 e. The molecule has 1 atom stereocenters. The highest BCUT2D eigenvalue weighted by atomic mass is 32.2. The molecule has 0 amide bonds. The quantitative estimate of drug-likeness (QED) is 0.448. The minimum Gasteiger partial charge on any atom is -0.771 e. The summed E-state index contributed by atoms with van der Waals surface area (Å²) >= 11 is -2.04. The summed E-state index contributed by atoms with van der Waals surface area (Å²) < 4.78 is 23.1. The lowest BCUT2D eigenvalue weighted by Gasteiger charge is -1.98. The maximum Gasteiger partial charge on any atom is 0.108 e. The molecule has 0 fully saturated rings. The zero-order valence-electron chi connectivity index (χ0n) is 3.34. The minimum atomic E-state index is -2.04. The van der Waals surface area contributed by atoms with Crippen LogP contribution in [0, 0.1) is 0 Å². The van der Waals surface area contributed by atoms with E-state index in [4.69, 9.17) is 0 Å². The molecule has 4 heteroatoms. The van der Waals surface area contributed by atoms with E-state index in [1.165, 1.54) is 7.11 Å². The third-order valence-electron chi connectivity index (χ3n) is 0.214. The molecule has 0 N–H and O–H groups in total. The van der Waals surface area contributed by atoms with E-state index in [9.17, 15) is 8.76 Å². The molecule has 0 aromatic carbocycles. The average Bonchev–Trinajstić information content (AvgIpc) is 1.35. The van der Waals surface area contributed by atoms with Crippen LogP contribution in [-0.2, 0) is 15.8 Å². The van der Waals surface area contributed by atoms with Crippen LogP contribution >= 0.6 is 0 Å². The third kappa shape index (κ3) is 4.07. The Morgan fingerprint density at radius 3 is 2.50 bits per heavy atom. The van der Waals surface area contributed by atoms with Crippen LogP contribution < -0.4 is 0 Å². The van der Waals surface area contributed by atoms with Gasteiger partial charge >= 0.3 is 0 Å². The fourth-order valence-corrected chi connectivity index (χ4v) is 0.289. The summed E-state index contributed by atoms with van der Waals surface area (Å²) in [6.45, 7) is 0. The van der Waals surface area contributed by atoms with Gasteiger partial charge in [-0.3, -0.25) is 4.21 Å². The monoisotopic (exact) mass is 109 g/mol. The van der Waals surface area contributed by atoms with E-state index in [0.29, 0.717) is 0 Å². The highest BCUT2D eigenvalue weighted by molar-refractivity contribution is 7.78. The molecule has 0 aromatic heterocycles. The topological polar surface area (TPSA) is 49.4 Å². The van der Waals surface area contributed by atoms with Gasteiger partial charge in [-0.2, -0.15) is 0 Å². The molecule has 0 saturated carbocycles. The number of hydrogen-bond acceptors (Lipinski definition) is 3. The van der Waals surface area contributed by atoms with Gasteiger partial charge < -0.3 is 9.29 Å². The van der Waals surface area contributed by atoms with Crippen LogP contribution in [0.15, 0.2) is 0 Å².